The predicted octanol–water partition coefficient (Wildman–Crippen LogP) is 2.86. The highest BCUT2D eigenvalue weighted by molar-refractivity contribution is 6.07. The third kappa shape index (κ3) is 3.69. The van der Waals surface area contributed by atoms with Crippen molar-refractivity contribution in [3.05, 3.63) is 53.6 Å². The van der Waals surface area contributed by atoms with E-state index in [1.165, 1.54) is 23.1 Å². The Bertz CT molecular complexity index is 940. The van der Waals surface area contributed by atoms with Crippen LogP contribution in [-0.4, -0.2) is 42.1 Å². The van der Waals surface area contributed by atoms with E-state index in [-0.39, 0.29) is 29.6 Å². The van der Waals surface area contributed by atoms with Crippen LogP contribution in [0.15, 0.2) is 42.5 Å². The molecule has 28 heavy (non-hydrogen) atoms. The number of carboxylic acid groups (broad SMARTS) is 1. The summed E-state index contributed by atoms with van der Waals surface area (Å²) in [6.07, 6.45) is -0.759. The zero-order valence-electron chi connectivity index (χ0n) is 16.0. The van der Waals surface area contributed by atoms with Gasteiger partial charge in [-0.2, -0.15) is 0 Å². The van der Waals surface area contributed by atoms with Crippen molar-refractivity contribution in [1.82, 2.24) is 0 Å². The van der Waals surface area contributed by atoms with E-state index in [0.29, 0.717) is 12.3 Å². The summed E-state index contributed by atoms with van der Waals surface area (Å²) in [5, 5.41) is 9.25. The number of likely N-dealkylation sites (N-methyl/N-ethyl adjacent to an activating group) is 1. The van der Waals surface area contributed by atoms with Crippen LogP contribution >= 0.6 is 0 Å². The van der Waals surface area contributed by atoms with Crippen LogP contribution < -0.4 is 14.5 Å². The molecule has 2 aromatic carbocycles. The number of fused-ring (bicyclic) bond motifs is 1. The Balaban J connectivity index is 1.94. The number of hydrogen-bond acceptors (Lipinski definition) is 4. The summed E-state index contributed by atoms with van der Waals surface area (Å²) >= 11 is 0. The van der Waals surface area contributed by atoms with Crippen molar-refractivity contribution >= 4 is 29.2 Å². The van der Waals surface area contributed by atoms with Crippen LogP contribution in [0, 0.1) is 6.92 Å². The Hall–Kier alpha value is -3.35. The van der Waals surface area contributed by atoms with E-state index >= 15 is 0 Å². The van der Waals surface area contributed by atoms with Gasteiger partial charge in [0.15, 0.2) is 6.10 Å². The SMILES string of the molecule is CCN(C(=O)CN1C(=O)C(C)Oc2ccc(C(=O)O)cc21)c1cccc(C)c1. The molecule has 1 unspecified atom stereocenters. The number of anilines is 2. The van der Waals surface area contributed by atoms with Gasteiger partial charge in [0.1, 0.15) is 12.3 Å². The minimum Gasteiger partial charge on any atom is -0.479 e. The fourth-order valence-corrected chi connectivity index (χ4v) is 3.22. The van der Waals surface area contributed by atoms with Crippen molar-refractivity contribution in [2.45, 2.75) is 26.9 Å². The fraction of sp³-hybridized carbons (Fsp3) is 0.286. The third-order valence-electron chi connectivity index (χ3n) is 4.64. The number of hydrogen-bond donors (Lipinski definition) is 1. The number of carbonyl (C=O) groups is 3. The minimum atomic E-state index is -1.12. The van der Waals surface area contributed by atoms with Crippen molar-refractivity contribution < 1.29 is 24.2 Å². The molecule has 0 fully saturated rings. The normalized spacial score (nSPS) is 15.6. The molecule has 2 amide bonds. The lowest BCUT2D eigenvalue weighted by atomic mass is 10.1. The van der Waals surface area contributed by atoms with Crippen molar-refractivity contribution in [3.8, 4) is 5.75 Å². The molecule has 0 saturated carbocycles. The van der Waals surface area contributed by atoms with Crippen LogP contribution in [0.25, 0.3) is 0 Å². The molecule has 1 aliphatic heterocycles. The number of carbonyl (C=O) groups excluding carboxylic acids is 2. The topological polar surface area (TPSA) is 87.2 Å². The average Bonchev–Trinajstić information content (AvgIpc) is 2.65. The number of benzene rings is 2. The van der Waals surface area contributed by atoms with Crippen molar-refractivity contribution in [2.75, 3.05) is 22.9 Å². The number of ether oxygens (including phenoxy) is 1. The minimum absolute atomic E-state index is 0.0215. The van der Waals surface area contributed by atoms with Crippen LogP contribution in [0.4, 0.5) is 11.4 Å². The zero-order valence-corrected chi connectivity index (χ0v) is 16.0. The highest BCUT2D eigenvalue weighted by atomic mass is 16.5. The maximum absolute atomic E-state index is 13.0. The summed E-state index contributed by atoms with van der Waals surface area (Å²) in [5.41, 5.74) is 2.09. The van der Waals surface area contributed by atoms with E-state index in [0.717, 1.165) is 11.3 Å². The predicted molar refractivity (Wildman–Crippen MR) is 105 cm³/mol. The first kappa shape index (κ1) is 19.4. The molecule has 0 aliphatic carbocycles. The Morgan fingerprint density at radius 3 is 2.61 bits per heavy atom. The van der Waals surface area contributed by atoms with Gasteiger partial charge < -0.3 is 14.7 Å². The van der Waals surface area contributed by atoms with Gasteiger partial charge in [0.2, 0.25) is 5.91 Å². The molecule has 1 heterocycles. The molecule has 1 atom stereocenters. The van der Waals surface area contributed by atoms with Crippen LogP contribution in [0.1, 0.15) is 29.8 Å². The molecule has 146 valence electrons. The van der Waals surface area contributed by atoms with E-state index < -0.39 is 12.1 Å². The molecule has 7 heteroatoms. The van der Waals surface area contributed by atoms with Crippen molar-refractivity contribution in [3.63, 3.8) is 0 Å². The lowest BCUT2D eigenvalue weighted by Gasteiger charge is -2.34. The van der Waals surface area contributed by atoms with Gasteiger partial charge in [0, 0.05) is 12.2 Å². The average molecular weight is 382 g/mol. The molecule has 7 nitrogen and oxygen atoms in total. The summed E-state index contributed by atoms with van der Waals surface area (Å²) in [7, 11) is 0. The van der Waals surface area contributed by atoms with E-state index in [4.69, 9.17) is 4.74 Å². The smallest absolute Gasteiger partial charge is 0.335 e. The lowest BCUT2D eigenvalue weighted by molar-refractivity contribution is -0.127. The molecule has 0 spiro atoms. The lowest BCUT2D eigenvalue weighted by Crippen LogP contribution is -2.49. The second-order valence-electron chi connectivity index (χ2n) is 6.65. The first-order valence-electron chi connectivity index (χ1n) is 9.04. The molecule has 0 saturated heterocycles. The van der Waals surface area contributed by atoms with Gasteiger partial charge in [0.25, 0.3) is 5.91 Å². The standard InChI is InChI=1S/C21H22N2O5/c1-4-22(16-7-5-6-13(2)10-16)19(24)12-23-17-11-15(21(26)27)8-9-18(17)28-14(3)20(23)25/h5-11,14H,4,12H2,1-3H3,(H,26,27). The monoisotopic (exact) mass is 382 g/mol. The fourth-order valence-electron chi connectivity index (χ4n) is 3.22. The van der Waals surface area contributed by atoms with Crippen molar-refractivity contribution in [1.29, 1.82) is 0 Å². The summed E-state index contributed by atoms with van der Waals surface area (Å²) in [6, 6.07) is 11.8. The molecular weight excluding hydrogens is 360 g/mol. The first-order chi connectivity index (χ1) is 13.3. The number of rotatable bonds is 5. The van der Waals surface area contributed by atoms with Gasteiger partial charge in [-0.3, -0.25) is 14.5 Å². The Labute approximate surface area is 163 Å². The molecule has 0 aromatic heterocycles. The van der Waals surface area contributed by atoms with E-state index in [2.05, 4.69) is 0 Å². The van der Waals surface area contributed by atoms with Crippen LogP contribution in [0.5, 0.6) is 5.75 Å². The summed E-state index contributed by atoms with van der Waals surface area (Å²) in [6.45, 7) is 5.65. The van der Waals surface area contributed by atoms with Gasteiger partial charge in [-0.15, -0.1) is 0 Å². The zero-order chi connectivity index (χ0) is 20.4. The van der Waals surface area contributed by atoms with Gasteiger partial charge in [0.05, 0.1) is 11.3 Å². The second kappa shape index (κ2) is 7.72. The van der Waals surface area contributed by atoms with Gasteiger partial charge >= 0.3 is 5.97 Å². The van der Waals surface area contributed by atoms with Crippen LogP contribution in [-0.2, 0) is 9.59 Å². The number of aromatic carboxylic acids is 1. The van der Waals surface area contributed by atoms with Crippen molar-refractivity contribution in [2.24, 2.45) is 0 Å². The molecule has 0 radical (unpaired) electrons. The van der Waals surface area contributed by atoms with E-state index in [1.54, 1.807) is 11.8 Å². The van der Waals surface area contributed by atoms with Crippen LogP contribution in [0.2, 0.25) is 0 Å². The Morgan fingerprint density at radius 2 is 1.96 bits per heavy atom. The first-order valence-corrected chi connectivity index (χ1v) is 9.04. The summed E-state index contributed by atoms with van der Waals surface area (Å²) in [5.74, 6) is -1.38. The molecule has 3 rings (SSSR count). The quantitative estimate of drug-likeness (QED) is 0.859. The third-order valence-corrected chi connectivity index (χ3v) is 4.64. The van der Waals surface area contributed by atoms with Gasteiger partial charge in [-0.05, 0) is 56.7 Å². The molecule has 1 N–H and O–H groups in total. The molecular formula is C21H22N2O5. The number of nitrogens with zero attached hydrogens (tertiary/aromatic N) is 2. The number of carboxylic acids is 1. The second-order valence-corrected chi connectivity index (χ2v) is 6.65. The summed E-state index contributed by atoms with van der Waals surface area (Å²) < 4.78 is 5.57. The van der Waals surface area contributed by atoms with E-state index in [9.17, 15) is 19.5 Å². The highest BCUT2D eigenvalue weighted by Crippen LogP contribution is 2.35. The van der Waals surface area contributed by atoms with Crippen LogP contribution in [0.3, 0.4) is 0 Å². The molecule has 2 aromatic rings. The summed E-state index contributed by atoms with van der Waals surface area (Å²) in [4.78, 5) is 39.9. The maximum atomic E-state index is 13.0. The van der Waals surface area contributed by atoms with Gasteiger partial charge in [-0.1, -0.05) is 12.1 Å². The number of amides is 2. The maximum Gasteiger partial charge on any atom is 0.335 e. The largest absolute Gasteiger partial charge is 0.479 e. The Kier molecular flexibility index (Phi) is 5.35. The van der Waals surface area contributed by atoms with E-state index in [1.807, 2.05) is 38.1 Å². The Morgan fingerprint density at radius 1 is 1.21 bits per heavy atom. The van der Waals surface area contributed by atoms with Gasteiger partial charge in [-0.25, -0.2) is 4.79 Å². The highest BCUT2D eigenvalue weighted by Gasteiger charge is 2.34. The number of aryl methyl sites for hydroxylation is 1. The molecule has 0 bridgehead atoms. The molecule has 1 aliphatic rings.